The first-order chi connectivity index (χ1) is 25.3. The Morgan fingerprint density at radius 3 is 2.06 bits per heavy atom. The van der Waals surface area contributed by atoms with Gasteiger partial charge in [0.1, 0.15) is 5.69 Å². The van der Waals surface area contributed by atoms with Gasteiger partial charge in [0.05, 0.1) is 21.6 Å². The molecule has 0 aliphatic carbocycles. The first-order valence-corrected chi connectivity index (χ1v) is 17.9. The van der Waals surface area contributed by atoms with E-state index >= 15 is 0 Å². The molecule has 0 radical (unpaired) electrons. The van der Waals surface area contributed by atoms with Crippen molar-refractivity contribution < 1.29 is 4.74 Å². The van der Waals surface area contributed by atoms with Gasteiger partial charge in [-0.15, -0.1) is 11.3 Å². The number of rotatable bonds is 3. The van der Waals surface area contributed by atoms with Crippen molar-refractivity contribution in [2.75, 3.05) is 4.90 Å². The molecule has 11 rings (SSSR count). The number of para-hydroxylation sites is 3. The predicted octanol–water partition coefficient (Wildman–Crippen LogP) is 13.2. The van der Waals surface area contributed by atoms with E-state index in [-0.39, 0.29) is 0 Å². The van der Waals surface area contributed by atoms with Crippen LogP contribution in [0.5, 0.6) is 11.5 Å². The van der Waals surface area contributed by atoms with Gasteiger partial charge in [-0.05, 0) is 51.6 Å². The fourth-order valence-corrected chi connectivity index (χ4v) is 9.00. The Kier molecular flexibility index (Phi) is 6.09. The molecule has 4 nitrogen and oxygen atoms in total. The summed E-state index contributed by atoms with van der Waals surface area (Å²) in [5.74, 6) is 2.20. The zero-order chi connectivity index (χ0) is 33.5. The molecule has 0 atom stereocenters. The van der Waals surface area contributed by atoms with E-state index in [1.165, 1.54) is 42.8 Å². The topological polar surface area (TPSA) is 38.2 Å². The van der Waals surface area contributed by atoms with Crippen molar-refractivity contribution in [3.8, 4) is 33.9 Å². The van der Waals surface area contributed by atoms with E-state index in [0.717, 1.165) is 55.1 Å². The highest BCUT2D eigenvalue weighted by atomic mass is 32.1. The van der Waals surface area contributed by atoms with Gasteiger partial charge in [0.2, 0.25) is 5.95 Å². The summed E-state index contributed by atoms with van der Waals surface area (Å²) in [6.07, 6.45) is 0. The maximum atomic E-state index is 6.84. The van der Waals surface area contributed by atoms with Crippen LogP contribution in [0.3, 0.4) is 0 Å². The molecule has 0 saturated carbocycles. The fraction of sp³-hybridized carbons (Fsp3) is 0. The third-order valence-corrected chi connectivity index (χ3v) is 11.2. The summed E-state index contributed by atoms with van der Waals surface area (Å²) in [5.41, 5.74) is 7.07. The van der Waals surface area contributed by atoms with Gasteiger partial charge in [-0.25, -0.2) is 9.97 Å². The molecule has 0 unspecified atom stereocenters. The molecule has 238 valence electrons. The third kappa shape index (κ3) is 4.25. The second kappa shape index (κ2) is 11.0. The molecule has 0 saturated heterocycles. The predicted molar refractivity (Wildman–Crippen MR) is 213 cm³/mol. The van der Waals surface area contributed by atoms with E-state index in [1.807, 2.05) is 18.2 Å². The summed E-state index contributed by atoms with van der Waals surface area (Å²) >= 11 is 1.79. The Labute approximate surface area is 297 Å². The SMILES string of the molecule is c1ccc2c(c1)Oc1c(c3sc4ccccc4c3c3ccccc13)N2c1nc(-c2ccc(-c3cccc4ccccc34)cc2)c2ccccc2n1. The van der Waals surface area contributed by atoms with Crippen molar-refractivity contribution >= 4 is 81.3 Å². The lowest BCUT2D eigenvalue weighted by molar-refractivity contribution is 0.483. The van der Waals surface area contributed by atoms with Gasteiger partial charge in [-0.3, -0.25) is 4.90 Å². The molecule has 0 fully saturated rings. The summed E-state index contributed by atoms with van der Waals surface area (Å²) in [6.45, 7) is 0. The molecule has 8 aromatic carbocycles. The first-order valence-electron chi connectivity index (χ1n) is 17.1. The first kappa shape index (κ1) is 28.3. The maximum absolute atomic E-state index is 6.84. The summed E-state index contributed by atoms with van der Waals surface area (Å²) in [5, 5.41) is 8.18. The highest BCUT2D eigenvalue weighted by Gasteiger charge is 2.33. The van der Waals surface area contributed by atoms with Gasteiger partial charge in [0, 0.05) is 31.8 Å². The lowest BCUT2D eigenvalue weighted by Gasteiger charge is -2.33. The number of anilines is 3. The standard InChI is InChI=1S/C46H27N3OS/c1-2-14-31-28(12-1)13-11-19-32(31)29-24-26-30(27-25-29)42-35-17-5-7-20-37(35)47-46(48-42)49-38-21-8-9-22-39(38)50-44-34-16-4-3-15-33(34)41-36-18-6-10-23-40(36)51-45(41)43(44)49/h1-27H. The average Bonchev–Trinajstić information content (AvgIpc) is 3.59. The minimum atomic E-state index is 0.605. The van der Waals surface area contributed by atoms with Crippen LogP contribution in [0.4, 0.5) is 17.3 Å². The Morgan fingerprint density at radius 1 is 0.510 bits per heavy atom. The number of hydrogen-bond donors (Lipinski definition) is 0. The van der Waals surface area contributed by atoms with Gasteiger partial charge in [-0.2, -0.15) is 0 Å². The van der Waals surface area contributed by atoms with Gasteiger partial charge in [-0.1, -0.05) is 140 Å². The Balaban J connectivity index is 1.17. The van der Waals surface area contributed by atoms with Crippen LogP contribution in [-0.2, 0) is 0 Å². The molecule has 2 aromatic heterocycles. The average molecular weight is 670 g/mol. The lowest BCUT2D eigenvalue weighted by atomic mass is 9.96. The molecular weight excluding hydrogens is 643 g/mol. The molecule has 10 aromatic rings. The molecule has 5 heteroatoms. The highest BCUT2D eigenvalue weighted by Crippen LogP contribution is 2.58. The van der Waals surface area contributed by atoms with Gasteiger partial charge in [0.25, 0.3) is 0 Å². The molecule has 0 bridgehead atoms. The Hall–Kier alpha value is -6.56. The number of aromatic nitrogens is 2. The van der Waals surface area contributed by atoms with E-state index in [1.54, 1.807) is 11.3 Å². The second-order valence-corrected chi connectivity index (χ2v) is 14.0. The minimum Gasteiger partial charge on any atom is -0.452 e. The second-order valence-electron chi connectivity index (χ2n) is 12.9. The van der Waals surface area contributed by atoms with Crippen LogP contribution >= 0.6 is 11.3 Å². The summed E-state index contributed by atoms with van der Waals surface area (Å²) in [7, 11) is 0. The zero-order valence-electron chi connectivity index (χ0n) is 27.2. The summed E-state index contributed by atoms with van der Waals surface area (Å²) < 4.78 is 9.23. The van der Waals surface area contributed by atoms with Crippen LogP contribution in [0.15, 0.2) is 164 Å². The molecule has 3 heterocycles. The normalized spacial score (nSPS) is 12.4. The summed E-state index contributed by atoms with van der Waals surface area (Å²) in [4.78, 5) is 13.0. The van der Waals surface area contributed by atoms with Gasteiger partial charge < -0.3 is 4.74 Å². The van der Waals surface area contributed by atoms with Crippen molar-refractivity contribution in [1.82, 2.24) is 9.97 Å². The molecule has 0 amide bonds. The number of nitrogens with zero attached hydrogens (tertiary/aromatic N) is 3. The molecule has 0 N–H and O–H groups in total. The zero-order valence-corrected chi connectivity index (χ0v) is 28.1. The number of ether oxygens (including phenoxy) is 1. The van der Waals surface area contributed by atoms with Crippen LogP contribution in [0.25, 0.3) is 75.0 Å². The third-order valence-electron chi connectivity index (χ3n) is 10.1. The molecule has 51 heavy (non-hydrogen) atoms. The number of thiophene rings is 1. The molecule has 1 aliphatic rings. The van der Waals surface area contributed by atoms with Crippen molar-refractivity contribution in [2.45, 2.75) is 0 Å². The summed E-state index contributed by atoms with van der Waals surface area (Å²) in [6, 6.07) is 57.6. The number of benzene rings is 8. The van der Waals surface area contributed by atoms with E-state index in [4.69, 9.17) is 14.7 Å². The van der Waals surface area contributed by atoms with Crippen LogP contribution in [0.1, 0.15) is 0 Å². The van der Waals surface area contributed by atoms with Crippen molar-refractivity contribution in [3.05, 3.63) is 164 Å². The van der Waals surface area contributed by atoms with Crippen LogP contribution in [0, 0.1) is 0 Å². The van der Waals surface area contributed by atoms with Crippen LogP contribution in [-0.4, -0.2) is 9.97 Å². The smallest absolute Gasteiger partial charge is 0.236 e. The largest absolute Gasteiger partial charge is 0.452 e. The van der Waals surface area contributed by atoms with Gasteiger partial charge in [0.15, 0.2) is 11.5 Å². The molecule has 1 aliphatic heterocycles. The highest BCUT2D eigenvalue weighted by molar-refractivity contribution is 7.26. The molecular formula is C46H27N3OS. The van der Waals surface area contributed by atoms with Crippen LogP contribution in [0.2, 0.25) is 0 Å². The van der Waals surface area contributed by atoms with Crippen molar-refractivity contribution in [1.29, 1.82) is 0 Å². The fourth-order valence-electron chi connectivity index (χ4n) is 7.75. The van der Waals surface area contributed by atoms with E-state index in [2.05, 4.69) is 150 Å². The maximum Gasteiger partial charge on any atom is 0.236 e. The Bertz CT molecular complexity index is 3020. The molecule has 0 spiro atoms. The number of hydrogen-bond acceptors (Lipinski definition) is 5. The Morgan fingerprint density at radius 2 is 1.18 bits per heavy atom. The van der Waals surface area contributed by atoms with E-state index < -0.39 is 0 Å². The minimum absolute atomic E-state index is 0.605. The van der Waals surface area contributed by atoms with Crippen molar-refractivity contribution in [2.24, 2.45) is 0 Å². The van der Waals surface area contributed by atoms with Crippen molar-refractivity contribution in [3.63, 3.8) is 0 Å². The lowest BCUT2D eigenvalue weighted by Crippen LogP contribution is -2.19. The van der Waals surface area contributed by atoms with Gasteiger partial charge >= 0.3 is 0 Å². The quantitative estimate of drug-likeness (QED) is 0.188. The monoisotopic (exact) mass is 669 g/mol. The van der Waals surface area contributed by atoms with E-state index in [0.29, 0.717) is 5.95 Å². The number of fused-ring (bicyclic) bond motifs is 11. The van der Waals surface area contributed by atoms with Crippen LogP contribution < -0.4 is 9.64 Å². The van der Waals surface area contributed by atoms with E-state index in [9.17, 15) is 0 Å².